The molecule has 5 heteroatoms. The van der Waals surface area contributed by atoms with Gasteiger partial charge in [-0.1, -0.05) is 41.5 Å². The van der Waals surface area contributed by atoms with Gasteiger partial charge in [0, 0.05) is 6.07 Å². The van der Waals surface area contributed by atoms with Crippen molar-refractivity contribution in [1.82, 2.24) is 0 Å². The summed E-state index contributed by atoms with van der Waals surface area (Å²) >= 11 is 0. The fourth-order valence-corrected chi connectivity index (χ4v) is 4.10. The monoisotopic (exact) mass is 488 g/mol. The minimum atomic E-state index is -0.536. The number of rotatable bonds is 10. The minimum Gasteiger partial charge on any atom is -0.508 e. The summed E-state index contributed by atoms with van der Waals surface area (Å²) in [7, 11) is 1.46. The quantitative estimate of drug-likeness (QED) is 0.204. The number of hydrogen-bond acceptors (Lipinski definition) is 5. The lowest BCUT2D eigenvalue weighted by atomic mass is 9.92. The Labute approximate surface area is 214 Å². The third kappa shape index (κ3) is 6.91. The van der Waals surface area contributed by atoms with Crippen molar-refractivity contribution in [3.05, 3.63) is 82.5 Å². The number of methoxy groups -OCH3 is 1. The molecule has 2 aromatic rings. The van der Waals surface area contributed by atoms with Crippen molar-refractivity contribution < 1.29 is 24.5 Å². The molecule has 2 N–H and O–H groups in total. The Hall–Kier alpha value is -3.73. The Balaban J connectivity index is 1.76. The molecule has 1 heterocycles. The molecule has 1 aliphatic rings. The van der Waals surface area contributed by atoms with Crippen molar-refractivity contribution in [1.29, 1.82) is 0 Å². The molecule has 1 aliphatic heterocycles. The van der Waals surface area contributed by atoms with E-state index in [4.69, 9.17) is 9.47 Å². The van der Waals surface area contributed by atoms with E-state index >= 15 is 0 Å². The molecule has 190 valence electrons. The first-order valence-corrected chi connectivity index (χ1v) is 12.2. The molecule has 3 rings (SSSR count). The number of allylic oxidation sites excluding steroid dienone is 5. The van der Waals surface area contributed by atoms with Gasteiger partial charge in [-0.15, -0.1) is 0 Å². The molecule has 0 saturated heterocycles. The first-order valence-electron chi connectivity index (χ1n) is 12.2. The zero-order valence-electron chi connectivity index (χ0n) is 21.8. The van der Waals surface area contributed by atoms with Crippen molar-refractivity contribution in [3.8, 4) is 23.0 Å². The zero-order chi connectivity index (χ0) is 26.3. The highest BCUT2D eigenvalue weighted by atomic mass is 16.5. The molecule has 36 heavy (non-hydrogen) atoms. The minimum absolute atomic E-state index is 0.0815. The maximum absolute atomic E-state index is 13.0. The Bertz CT molecular complexity index is 1210. The van der Waals surface area contributed by atoms with Gasteiger partial charge >= 0.3 is 0 Å². The van der Waals surface area contributed by atoms with Gasteiger partial charge in [-0.05, 0) is 89.3 Å². The fraction of sp³-hybridized carbons (Fsp3) is 0.323. The second kappa shape index (κ2) is 11.8. The molecule has 0 spiro atoms. The summed E-state index contributed by atoms with van der Waals surface area (Å²) in [5, 5.41) is 20.4. The highest BCUT2D eigenvalue weighted by Gasteiger charge is 2.31. The average molecular weight is 489 g/mol. The predicted octanol–water partition coefficient (Wildman–Crippen LogP) is 7.64. The van der Waals surface area contributed by atoms with E-state index in [1.54, 1.807) is 36.4 Å². The Morgan fingerprint density at radius 3 is 2.47 bits per heavy atom. The molecule has 0 radical (unpaired) electrons. The van der Waals surface area contributed by atoms with Gasteiger partial charge in [-0.2, -0.15) is 0 Å². The number of aromatic hydroxyl groups is 2. The van der Waals surface area contributed by atoms with E-state index in [0.717, 1.165) is 31.2 Å². The van der Waals surface area contributed by atoms with Crippen LogP contribution in [0.5, 0.6) is 23.0 Å². The summed E-state index contributed by atoms with van der Waals surface area (Å²) in [6, 6.07) is 8.14. The van der Waals surface area contributed by atoms with E-state index in [-0.39, 0.29) is 22.8 Å². The van der Waals surface area contributed by atoms with Crippen LogP contribution < -0.4 is 9.47 Å². The van der Waals surface area contributed by atoms with Crippen LogP contribution in [0.3, 0.4) is 0 Å². The van der Waals surface area contributed by atoms with Crippen molar-refractivity contribution in [2.75, 3.05) is 7.11 Å². The molecule has 0 saturated carbocycles. The van der Waals surface area contributed by atoms with Crippen molar-refractivity contribution in [2.24, 2.45) is 0 Å². The van der Waals surface area contributed by atoms with Crippen LogP contribution in [-0.4, -0.2) is 28.7 Å². The van der Waals surface area contributed by atoms with Gasteiger partial charge in [-0.3, -0.25) is 4.79 Å². The molecular weight excluding hydrogens is 452 g/mol. The second-order valence-corrected chi connectivity index (χ2v) is 9.66. The molecule has 0 amide bonds. The number of benzene rings is 2. The van der Waals surface area contributed by atoms with Crippen LogP contribution in [0.1, 0.15) is 74.9 Å². The van der Waals surface area contributed by atoms with Crippen molar-refractivity contribution >= 4 is 17.9 Å². The average Bonchev–Trinajstić information content (AvgIpc) is 2.82. The molecule has 0 aromatic heterocycles. The number of ketones is 1. The van der Waals surface area contributed by atoms with Crippen LogP contribution in [0.2, 0.25) is 0 Å². The standard InChI is InChI=1S/C31H36O5/c1-21(2)8-6-9-22(3)10-7-18-31(4)19-17-25-27(36-31)20-28(35-5)29(30(25)34)26(33)16-13-23-11-14-24(32)15-12-23/h8,10-17,19-20,32,34H,6-7,9,18H2,1-5H3/b16-13+,22-10+. The van der Waals surface area contributed by atoms with E-state index in [1.165, 1.54) is 24.3 Å². The Kier molecular flexibility index (Phi) is 8.81. The maximum Gasteiger partial charge on any atom is 0.193 e. The van der Waals surface area contributed by atoms with Crippen LogP contribution >= 0.6 is 0 Å². The lowest BCUT2D eigenvalue weighted by molar-refractivity contribution is 0.104. The molecule has 0 aliphatic carbocycles. The smallest absolute Gasteiger partial charge is 0.193 e. The molecule has 2 aromatic carbocycles. The van der Waals surface area contributed by atoms with Crippen molar-refractivity contribution in [2.45, 2.75) is 59.0 Å². The van der Waals surface area contributed by atoms with Crippen LogP contribution in [-0.2, 0) is 0 Å². The number of ether oxygens (including phenoxy) is 2. The van der Waals surface area contributed by atoms with Gasteiger partial charge in [-0.25, -0.2) is 0 Å². The van der Waals surface area contributed by atoms with Gasteiger partial charge in [0.15, 0.2) is 5.78 Å². The summed E-state index contributed by atoms with van der Waals surface area (Å²) < 4.78 is 11.7. The fourth-order valence-electron chi connectivity index (χ4n) is 4.10. The number of phenolic OH excluding ortho intramolecular Hbond substituents is 2. The van der Waals surface area contributed by atoms with Crippen LogP contribution in [0.4, 0.5) is 0 Å². The van der Waals surface area contributed by atoms with Gasteiger partial charge < -0.3 is 19.7 Å². The van der Waals surface area contributed by atoms with E-state index < -0.39 is 11.4 Å². The largest absolute Gasteiger partial charge is 0.508 e. The maximum atomic E-state index is 13.0. The van der Waals surface area contributed by atoms with E-state index in [0.29, 0.717) is 11.3 Å². The third-order valence-electron chi connectivity index (χ3n) is 6.22. The number of carbonyl (C=O) groups excluding carboxylic acids is 1. The highest BCUT2D eigenvalue weighted by molar-refractivity contribution is 6.11. The predicted molar refractivity (Wildman–Crippen MR) is 146 cm³/mol. The van der Waals surface area contributed by atoms with E-state index in [2.05, 4.69) is 32.9 Å². The van der Waals surface area contributed by atoms with E-state index in [1.807, 2.05) is 19.1 Å². The lowest BCUT2D eigenvalue weighted by Gasteiger charge is -2.32. The normalized spacial score (nSPS) is 17.0. The summed E-state index contributed by atoms with van der Waals surface area (Å²) in [6.07, 6.45) is 15.0. The van der Waals surface area contributed by atoms with Crippen LogP contribution in [0, 0.1) is 0 Å². The molecule has 5 nitrogen and oxygen atoms in total. The Morgan fingerprint density at radius 1 is 1.08 bits per heavy atom. The molecule has 1 atom stereocenters. The first-order chi connectivity index (χ1) is 17.1. The molecular formula is C31H36O5. The zero-order valence-corrected chi connectivity index (χ0v) is 21.8. The summed E-state index contributed by atoms with van der Waals surface area (Å²) in [4.78, 5) is 13.0. The van der Waals surface area contributed by atoms with Crippen LogP contribution in [0.25, 0.3) is 12.2 Å². The SMILES string of the molecule is COc1cc2c(c(O)c1C(=O)/C=C/c1ccc(O)cc1)C=CC(C)(CC/C=C(\C)CCC=C(C)C)O2. The molecule has 0 fully saturated rings. The van der Waals surface area contributed by atoms with Crippen LogP contribution in [0.15, 0.2) is 65.8 Å². The number of hydrogen-bond donors (Lipinski definition) is 2. The lowest BCUT2D eigenvalue weighted by Crippen LogP contribution is -2.31. The summed E-state index contributed by atoms with van der Waals surface area (Å²) in [5.41, 5.74) is 3.45. The van der Waals surface area contributed by atoms with Gasteiger partial charge in [0.05, 0.1) is 12.7 Å². The summed E-state index contributed by atoms with van der Waals surface area (Å²) in [6.45, 7) is 8.41. The Morgan fingerprint density at radius 2 is 1.81 bits per heavy atom. The third-order valence-corrected chi connectivity index (χ3v) is 6.22. The first kappa shape index (κ1) is 26.9. The van der Waals surface area contributed by atoms with Gasteiger partial charge in [0.25, 0.3) is 0 Å². The topological polar surface area (TPSA) is 76.0 Å². The van der Waals surface area contributed by atoms with Gasteiger partial charge in [0.2, 0.25) is 0 Å². The highest BCUT2D eigenvalue weighted by Crippen LogP contribution is 2.44. The second-order valence-electron chi connectivity index (χ2n) is 9.66. The summed E-state index contributed by atoms with van der Waals surface area (Å²) in [5.74, 6) is 0.322. The molecule has 0 bridgehead atoms. The number of fused-ring (bicyclic) bond motifs is 1. The van der Waals surface area contributed by atoms with Crippen molar-refractivity contribution in [3.63, 3.8) is 0 Å². The van der Waals surface area contributed by atoms with E-state index in [9.17, 15) is 15.0 Å². The molecule has 1 unspecified atom stereocenters. The number of phenols is 2. The van der Waals surface area contributed by atoms with Gasteiger partial charge in [0.1, 0.15) is 34.2 Å². The number of carbonyl (C=O) groups is 1.